The van der Waals surface area contributed by atoms with Crippen molar-refractivity contribution in [2.24, 2.45) is 0 Å². The van der Waals surface area contributed by atoms with Crippen molar-refractivity contribution >= 4 is 11.4 Å². The summed E-state index contributed by atoms with van der Waals surface area (Å²) < 4.78 is 7.20. The number of nitrogens with zero attached hydrogens (tertiary/aromatic N) is 3. The number of carbonyl (C=O) groups is 1. The Kier molecular flexibility index (Phi) is 3.66. The summed E-state index contributed by atoms with van der Waals surface area (Å²) in [4.78, 5) is 16.8. The number of aromatic nitrogens is 3. The molecule has 0 spiro atoms. The molecule has 0 saturated carbocycles. The van der Waals surface area contributed by atoms with E-state index in [-0.39, 0.29) is 11.8 Å². The minimum absolute atomic E-state index is 0.106. The summed E-state index contributed by atoms with van der Waals surface area (Å²) in [5.41, 5.74) is 2.13. The summed E-state index contributed by atoms with van der Waals surface area (Å²) in [6, 6.07) is 5.86. The zero-order valence-electron chi connectivity index (χ0n) is 12.8. The van der Waals surface area contributed by atoms with Crippen LogP contribution in [0.2, 0.25) is 0 Å². The molecule has 0 aromatic carbocycles. The zero-order chi connectivity index (χ0) is 15.7. The molecular formula is C16H18N4O2. The highest BCUT2D eigenvalue weighted by molar-refractivity contribution is 5.96. The maximum absolute atomic E-state index is 12.4. The topological polar surface area (TPSA) is 72.4 Å². The Bertz CT molecular complexity index is 817. The van der Waals surface area contributed by atoms with E-state index in [1.54, 1.807) is 13.1 Å². The van der Waals surface area contributed by atoms with Gasteiger partial charge >= 0.3 is 0 Å². The smallest absolute Gasteiger partial charge is 0.257 e. The highest BCUT2D eigenvalue weighted by Gasteiger charge is 2.22. The largest absolute Gasteiger partial charge is 0.360 e. The van der Waals surface area contributed by atoms with Gasteiger partial charge in [0, 0.05) is 12.1 Å². The van der Waals surface area contributed by atoms with E-state index in [0.29, 0.717) is 23.6 Å². The third-order valence-electron chi connectivity index (χ3n) is 3.56. The molecule has 3 rings (SSSR count). The molecule has 1 amide bonds. The minimum atomic E-state index is -0.185. The third-order valence-corrected chi connectivity index (χ3v) is 3.56. The number of aryl methyl sites for hydroxylation is 1. The Morgan fingerprint density at radius 2 is 2.23 bits per heavy atom. The second-order valence-electron chi connectivity index (χ2n) is 5.51. The van der Waals surface area contributed by atoms with Gasteiger partial charge < -0.3 is 14.2 Å². The molecule has 0 aliphatic heterocycles. The molecular weight excluding hydrogens is 280 g/mol. The van der Waals surface area contributed by atoms with Crippen LogP contribution in [0, 0.1) is 6.92 Å². The number of rotatable bonds is 4. The van der Waals surface area contributed by atoms with Gasteiger partial charge in [0.15, 0.2) is 5.76 Å². The Morgan fingerprint density at radius 3 is 3.00 bits per heavy atom. The molecule has 3 heterocycles. The summed E-state index contributed by atoms with van der Waals surface area (Å²) in [5.74, 6) is 1.32. The van der Waals surface area contributed by atoms with Gasteiger partial charge in [-0.25, -0.2) is 4.98 Å². The summed E-state index contributed by atoms with van der Waals surface area (Å²) in [6.07, 6.45) is 3.71. The van der Waals surface area contributed by atoms with Crippen molar-refractivity contribution in [1.29, 1.82) is 0 Å². The maximum Gasteiger partial charge on any atom is 0.257 e. The van der Waals surface area contributed by atoms with Gasteiger partial charge in [-0.15, -0.1) is 0 Å². The van der Waals surface area contributed by atoms with E-state index < -0.39 is 0 Å². The number of amides is 1. The highest BCUT2D eigenvalue weighted by Crippen LogP contribution is 2.22. The Labute approximate surface area is 128 Å². The van der Waals surface area contributed by atoms with Gasteiger partial charge in [0.05, 0.1) is 24.0 Å². The molecule has 3 aromatic rings. The first-order chi connectivity index (χ1) is 10.6. The van der Waals surface area contributed by atoms with Crippen LogP contribution in [0.1, 0.15) is 47.4 Å². The van der Waals surface area contributed by atoms with Crippen LogP contribution in [0.5, 0.6) is 0 Å². The molecule has 0 aliphatic rings. The predicted molar refractivity (Wildman–Crippen MR) is 81.7 cm³/mol. The first-order valence-corrected chi connectivity index (χ1v) is 7.23. The Hall–Kier alpha value is -2.63. The lowest BCUT2D eigenvalue weighted by Crippen LogP contribution is -2.25. The van der Waals surface area contributed by atoms with Crippen LogP contribution < -0.4 is 5.32 Å². The number of nitrogens with one attached hydrogen (secondary N) is 1. The monoisotopic (exact) mass is 298 g/mol. The third kappa shape index (κ3) is 2.47. The molecule has 0 unspecified atom stereocenters. The lowest BCUT2D eigenvalue weighted by atomic mass is 10.0. The van der Waals surface area contributed by atoms with Crippen LogP contribution in [-0.4, -0.2) is 20.4 Å². The fourth-order valence-electron chi connectivity index (χ4n) is 2.44. The molecule has 1 N–H and O–H groups in total. The van der Waals surface area contributed by atoms with Crippen molar-refractivity contribution in [3.63, 3.8) is 0 Å². The molecule has 0 fully saturated rings. The average Bonchev–Trinajstić information content (AvgIpc) is 3.08. The molecule has 6 nitrogen and oxygen atoms in total. The van der Waals surface area contributed by atoms with Crippen LogP contribution >= 0.6 is 0 Å². The van der Waals surface area contributed by atoms with Crippen LogP contribution in [-0.2, 0) is 6.54 Å². The molecule has 114 valence electrons. The SMILES string of the molecule is Cc1noc(C(C)C)c1C(=O)NCc1ncc2ccccn12. The average molecular weight is 298 g/mol. The quantitative estimate of drug-likeness (QED) is 0.803. The van der Waals surface area contributed by atoms with Crippen molar-refractivity contribution < 1.29 is 9.32 Å². The number of fused-ring (bicyclic) bond motifs is 1. The number of hydrogen-bond acceptors (Lipinski definition) is 4. The summed E-state index contributed by atoms with van der Waals surface area (Å²) in [5, 5.41) is 6.79. The molecule has 0 radical (unpaired) electrons. The first kappa shape index (κ1) is 14.3. The molecule has 0 aliphatic carbocycles. The number of hydrogen-bond donors (Lipinski definition) is 1. The van der Waals surface area contributed by atoms with Crippen LogP contribution in [0.4, 0.5) is 0 Å². The zero-order valence-corrected chi connectivity index (χ0v) is 12.8. The van der Waals surface area contributed by atoms with E-state index >= 15 is 0 Å². The van der Waals surface area contributed by atoms with Crippen molar-refractivity contribution in [3.05, 3.63) is 53.4 Å². The van der Waals surface area contributed by atoms with Crippen LogP contribution in [0.25, 0.3) is 5.52 Å². The molecule has 0 saturated heterocycles. The second-order valence-corrected chi connectivity index (χ2v) is 5.51. The van der Waals surface area contributed by atoms with Crippen molar-refractivity contribution in [1.82, 2.24) is 19.9 Å². The van der Waals surface area contributed by atoms with Crippen LogP contribution in [0.3, 0.4) is 0 Å². The number of imidazole rings is 1. The van der Waals surface area contributed by atoms with E-state index in [1.807, 2.05) is 42.6 Å². The lowest BCUT2D eigenvalue weighted by Gasteiger charge is -2.07. The standard InChI is InChI=1S/C16H18N4O2/c1-10(2)15-14(11(3)19-22-15)16(21)18-9-13-17-8-12-6-4-5-7-20(12)13/h4-8,10H,9H2,1-3H3,(H,18,21). The number of pyridine rings is 1. The lowest BCUT2D eigenvalue weighted by molar-refractivity contribution is 0.0946. The summed E-state index contributed by atoms with van der Waals surface area (Å²) >= 11 is 0. The second kappa shape index (κ2) is 5.63. The van der Waals surface area contributed by atoms with Crippen molar-refractivity contribution in [3.8, 4) is 0 Å². The minimum Gasteiger partial charge on any atom is -0.360 e. The van der Waals surface area contributed by atoms with Gasteiger partial charge in [0.25, 0.3) is 5.91 Å². The molecule has 6 heteroatoms. The van der Waals surface area contributed by atoms with E-state index in [1.165, 1.54) is 0 Å². The highest BCUT2D eigenvalue weighted by atomic mass is 16.5. The molecule has 22 heavy (non-hydrogen) atoms. The molecule has 0 bridgehead atoms. The molecule has 3 aromatic heterocycles. The predicted octanol–water partition coefficient (Wildman–Crippen LogP) is 2.68. The first-order valence-electron chi connectivity index (χ1n) is 7.23. The van der Waals surface area contributed by atoms with E-state index in [0.717, 1.165) is 11.3 Å². The fraction of sp³-hybridized carbons (Fsp3) is 0.312. The van der Waals surface area contributed by atoms with Crippen molar-refractivity contribution in [2.45, 2.75) is 33.2 Å². The normalized spacial score (nSPS) is 11.3. The fourth-order valence-corrected chi connectivity index (χ4v) is 2.44. The van der Waals surface area contributed by atoms with Gasteiger partial charge in [-0.05, 0) is 19.1 Å². The Morgan fingerprint density at radius 1 is 1.41 bits per heavy atom. The van der Waals surface area contributed by atoms with E-state index in [2.05, 4.69) is 15.5 Å². The molecule has 0 atom stereocenters. The Balaban J connectivity index is 1.79. The van der Waals surface area contributed by atoms with Gasteiger partial charge in [0.2, 0.25) is 0 Å². The van der Waals surface area contributed by atoms with Gasteiger partial charge in [0.1, 0.15) is 11.4 Å². The van der Waals surface area contributed by atoms with Gasteiger partial charge in [-0.3, -0.25) is 4.79 Å². The van der Waals surface area contributed by atoms with E-state index in [9.17, 15) is 4.79 Å². The van der Waals surface area contributed by atoms with Gasteiger partial charge in [-0.1, -0.05) is 25.1 Å². The van der Waals surface area contributed by atoms with Crippen LogP contribution in [0.15, 0.2) is 35.1 Å². The maximum atomic E-state index is 12.4. The summed E-state index contributed by atoms with van der Waals surface area (Å²) in [7, 11) is 0. The number of carbonyl (C=O) groups excluding carboxylic acids is 1. The summed E-state index contributed by atoms with van der Waals surface area (Å²) in [6.45, 7) is 6.06. The van der Waals surface area contributed by atoms with Crippen molar-refractivity contribution in [2.75, 3.05) is 0 Å². The van der Waals surface area contributed by atoms with E-state index in [4.69, 9.17) is 4.52 Å². The van der Waals surface area contributed by atoms with Gasteiger partial charge in [-0.2, -0.15) is 0 Å².